The monoisotopic (exact) mass is 328 g/mol. The molecule has 2 rings (SSSR count). The summed E-state index contributed by atoms with van der Waals surface area (Å²) < 4.78 is 6.93. The van der Waals surface area contributed by atoms with Crippen LogP contribution in [0.2, 0.25) is 0 Å². The van der Waals surface area contributed by atoms with Gasteiger partial charge in [0.05, 0.1) is 7.11 Å². The van der Waals surface area contributed by atoms with Crippen LogP contribution in [-0.4, -0.2) is 24.1 Å². The highest BCUT2D eigenvalue weighted by Gasteiger charge is 2.05. The van der Waals surface area contributed by atoms with E-state index in [0.29, 0.717) is 19.5 Å². The van der Waals surface area contributed by atoms with Crippen LogP contribution in [0.5, 0.6) is 5.75 Å². The molecule has 0 aliphatic rings. The summed E-state index contributed by atoms with van der Waals surface area (Å²) in [6, 6.07) is 13.0. The molecular formula is C19H24N2O3. The SMILES string of the molecule is COc1ccccc1CCCNC(=O)CCn1c(C)cccc1=O. The second kappa shape index (κ2) is 8.91. The lowest BCUT2D eigenvalue weighted by molar-refractivity contribution is -0.121. The van der Waals surface area contributed by atoms with Gasteiger partial charge in [0.15, 0.2) is 0 Å². The van der Waals surface area contributed by atoms with Crippen LogP contribution >= 0.6 is 0 Å². The van der Waals surface area contributed by atoms with Crippen molar-refractivity contribution in [3.63, 3.8) is 0 Å². The van der Waals surface area contributed by atoms with Gasteiger partial charge in [-0.25, -0.2) is 0 Å². The third-order valence-corrected chi connectivity index (χ3v) is 3.97. The van der Waals surface area contributed by atoms with Crippen molar-refractivity contribution in [3.8, 4) is 5.75 Å². The Bertz CT molecular complexity index is 737. The lowest BCUT2D eigenvalue weighted by Gasteiger charge is -2.10. The van der Waals surface area contributed by atoms with Crippen molar-refractivity contribution < 1.29 is 9.53 Å². The standard InChI is InChI=1S/C19H24N2O3/c1-15-7-5-11-19(23)21(15)14-12-18(22)20-13-6-9-16-8-3-4-10-17(16)24-2/h3-5,7-8,10-11H,6,9,12-14H2,1-2H3,(H,20,22). The predicted octanol–water partition coefficient (Wildman–Crippen LogP) is 2.30. The summed E-state index contributed by atoms with van der Waals surface area (Å²) in [5, 5.41) is 2.90. The molecule has 0 unspecified atom stereocenters. The number of benzene rings is 1. The zero-order valence-corrected chi connectivity index (χ0v) is 14.2. The van der Waals surface area contributed by atoms with Crippen LogP contribution < -0.4 is 15.6 Å². The summed E-state index contributed by atoms with van der Waals surface area (Å²) in [5.74, 6) is 0.841. The number of nitrogens with one attached hydrogen (secondary N) is 1. The number of hydrogen-bond acceptors (Lipinski definition) is 3. The van der Waals surface area contributed by atoms with E-state index in [4.69, 9.17) is 4.74 Å². The number of pyridine rings is 1. The summed E-state index contributed by atoms with van der Waals surface area (Å²) in [4.78, 5) is 23.7. The van der Waals surface area contributed by atoms with E-state index >= 15 is 0 Å². The van der Waals surface area contributed by atoms with Crippen molar-refractivity contribution >= 4 is 5.91 Å². The molecule has 24 heavy (non-hydrogen) atoms. The zero-order chi connectivity index (χ0) is 17.4. The minimum atomic E-state index is -0.0704. The van der Waals surface area contributed by atoms with Crippen molar-refractivity contribution in [1.82, 2.24) is 9.88 Å². The van der Waals surface area contributed by atoms with Crippen molar-refractivity contribution in [1.29, 1.82) is 0 Å². The average molecular weight is 328 g/mol. The molecule has 5 heteroatoms. The number of nitrogens with zero attached hydrogens (tertiary/aromatic N) is 1. The van der Waals surface area contributed by atoms with Gasteiger partial charge in [0.25, 0.3) is 5.56 Å². The minimum absolute atomic E-state index is 0.0369. The topological polar surface area (TPSA) is 60.3 Å². The van der Waals surface area contributed by atoms with E-state index in [9.17, 15) is 9.59 Å². The van der Waals surface area contributed by atoms with Crippen LogP contribution in [0, 0.1) is 6.92 Å². The van der Waals surface area contributed by atoms with Gasteiger partial charge in [0.2, 0.25) is 5.91 Å². The molecule has 0 atom stereocenters. The fraction of sp³-hybridized carbons (Fsp3) is 0.368. The van der Waals surface area contributed by atoms with Crippen molar-refractivity contribution in [2.75, 3.05) is 13.7 Å². The Morgan fingerprint density at radius 3 is 2.71 bits per heavy atom. The molecule has 0 spiro atoms. The van der Waals surface area contributed by atoms with Crippen LogP contribution in [0.25, 0.3) is 0 Å². The lowest BCUT2D eigenvalue weighted by atomic mass is 10.1. The molecule has 1 amide bonds. The molecule has 0 saturated carbocycles. The highest BCUT2D eigenvalue weighted by molar-refractivity contribution is 5.75. The van der Waals surface area contributed by atoms with E-state index in [0.717, 1.165) is 29.8 Å². The molecule has 0 saturated heterocycles. The van der Waals surface area contributed by atoms with E-state index in [1.807, 2.05) is 37.3 Å². The van der Waals surface area contributed by atoms with Crippen molar-refractivity contribution in [3.05, 3.63) is 64.1 Å². The van der Waals surface area contributed by atoms with Gasteiger partial charge in [0, 0.05) is 31.3 Å². The number of ether oxygens (including phenoxy) is 1. The minimum Gasteiger partial charge on any atom is -0.496 e. The van der Waals surface area contributed by atoms with Crippen molar-refractivity contribution in [2.45, 2.75) is 32.7 Å². The summed E-state index contributed by atoms with van der Waals surface area (Å²) in [7, 11) is 1.66. The molecule has 1 aromatic heterocycles. The molecule has 0 fully saturated rings. The first-order chi connectivity index (χ1) is 11.6. The quantitative estimate of drug-likeness (QED) is 0.757. The second-order valence-electron chi connectivity index (χ2n) is 5.67. The summed E-state index contributed by atoms with van der Waals surface area (Å²) in [6.07, 6.45) is 2.00. The molecule has 2 aromatic rings. The predicted molar refractivity (Wildman–Crippen MR) is 94.4 cm³/mol. The smallest absolute Gasteiger partial charge is 0.250 e. The van der Waals surface area contributed by atoms with Gasteiger partial charge in [-0.3, -0.25) is 9.59 Å². The normalized spacial score (nSPS) is 10.4. The molecule has 0 aliphatic heterocycles. The number of aromatic nitrogens is 1. The van der Waals surface area contributed by atoms with Gasteiger partial charge in [-0.2, -0.15) is 0 Å². The van der Waals surface area contributed by atoms with E-state index in [-0.39, 0.29) is 11.5 Å². The number of aryl methyl sites for hydroxylation is 2. The van der Waals surface area contributed by atoms with Gasteiger partial charge in [-0.05, 0) is 37.5 Å². The van der Waals surface area contributed by atoms with Gasteiger partial charge >= 0.3 is 0 Å². The highest BCUT2D eigenvalue weighted by atomic mass is 16.5. The first kappa shape index (κ1) is 17.8. The van der Waals surface area contributed by atoms with Crippen LogP contribution in [0.3, 0.4) is 0 Å². The van der Waals surface area contributed by atoms with E-state index in [1.165, 1.54) is 6.07 Å². The lowest BCUT2D eigenvalue weighted by Crippen LogP contribution is -2.28. The number of hydrogen-bond donors (Lipinski definition) is 1. The zero-order valence-electron chi connectivity index (χ0n) is 14.2. The van der Waals surface area contributed by atoms with Gasteiger partial charge in [-0.15, -0.1) is 0 Å². The highest BCUT2D eigenvalue weighted by Crippen LogP contribution is 2.18. The Morgan fingerprint density at radius 1 is 1.17 bits per heavy atom. The maximum atomic E-state index is 11.9. The van der Waals surface area contributed by atoms with Crippen LogP contribution in [0.15, 0.2) is 47.3 Å². The third kappa shape index (κ3) is 4.98. The Labute approximate surface area is 142 Å². The van der Waals surface area contributed by atoms with Gasteiger partial charge in [-0.1, -0.05) is 24.3 Å². The number of carbonyl (C=O) groups is 1. The van der Waals surface area contributed by atoms with E-state index in [2.05, 4.69) is 5.32 Å². The molecular weight excluding hydrogens is 304 g/mol. The molecule has 1 N–H and O–H groups in total. The van der Waals surface area contributed by atoms with Crippen LogP contribution in [0.4, 0.5) is 0 Å². The first-order valence-corrected chi connectivity index (χ1v) is 8.17. The summed E-state index contributed by atoms with van der Waals surface area (Å²) >= 11 is 0. The Kier molecular flexibility index (Phi) is 6.61. The van der Waals surface area contributed by atoms with Crippen molar-refractivity contribution in [2.24, 2.45) is 0 Å². The Morgan fingerprint density at radius 2 is 1.96 bits per heavy atom. The number of para-hydroxylation sites is 1. The summed E-state index contributed by atoms with van der Waals surface area (Å²) in [5.41, 5.74) is 1.94. The largest absolute Gasteiger partial charge is 0.496 e. The Hall–Kier alpha value is -2.56. The fourth-order valence-corrected chi connectivity index (χ4v) is 2.63. The first-order valence-electron chi connectivity index (χ1n) is 8.17. The van der Waals surface area contributed by atoms with E-state index < -0.39 is 0 Å². The molecule has 0 aliphatic carbocycles. The molecule has 128 valence electrons. The third-order valence-electron chi connectivity index (χ3n) is 3.97. The fourth-order valence-electron chi connectivity index (χ4n) is 2.63. The average Bonchev–Trinajstić information content (AvgIpc) is 2.58. The van der Waals surface area contributed by atoms with Gasteiger partial charge in [0.1, 0.15) is 5.75 Å². The summed E-state index contributed by atoms with van der Waals surface area (Å²) in [6.45, 7) is 2.88. The van der Waals surface area contributed by atoms with Crippen LogP contribution in [-0.2, 0) is 17.8 Å². The molecule has 0 bridgehead atoms. The molecule has 5 nitrogen and oxygen atoms in total. The number of rotatable bonds is 8. The number of amides is 1. The van der Waals surface area contributed by atoms with Gasteiger partial charge < -0.3 is 14.6 Å². The second-order valence-corrected chi connectivity index (χ2v) is 5.67. The Balaban J connectivity index is 1.73. The molecule has 1 aromatic carbocycles. The molecule has 0 radical (unpaired) electrons. The number of carbonyl (C=O) groups excluding carboxylic acids is 1. The maximum absolute atomic E-state index is 11.9. The maximum Gasteiger partial charge on any atom is 0.250 e. The van der Waals surface area contributed by atoms with E-state index in [1.54, 1.807) is 17.7 Å². The van der Waals surface area contributed by atoms with Crippen LogP contribution in [0.1, 0.15) is 24.1 Å². The number of methoxy groups -OCH3 is 1. The molecule has 1 heterocycles.